The van der Waals surface area contributed by atoms with Gasteiger partial charge in [-0.1, -0.05) is 27.7 Å². The lowest BCUT2D eigenvalue weighted by atomic mass is 10.0. The Morgan fingerprint density at radius 1 is 1.25 bits per heavy atom. The van der Waals surface area contributed by atoms with E-state index in [0.29, 0.717) is 10.8 Å². The highest BCUT2D eigenvalue weighted by Gasteiger charge is 2.66. The van der Waals surface area contributed by atoms with E-state index in [-0.39, 0.29) is 16.9 Å². The second-order valence-corrected chi connectivity index (χ2v) is 9.78. The van der Waals surface area contributed by atoms with Crippen LogP contribution in [0.2, 0.25) is 0 Å². The average molecular weight is 316 g/mol. The van der Waals surface area contributed by atoms with Crippen LogP contribution in [0.3, 0.4) is 0 Å². The number of aryl methyl sites for hydroxylation is 1. The molecule has 1 aromatic rings. The van der Waals surface area contributed by atoms with Crippen molar-refractivity contribution in [1.29, 1.82) is 0 Å². The predicted octanol–water partition coefficient (Wildman–Crippen LogP) is 2.49. The Morgan fingerprint density at radius 3 is 2.25 bits per heavy atom. The standard InChI is InChI=1S/C14H24N2O2S2/c1-9-7-11(19-10(9)8-15-6)20(17,18)16-12-13(2,3)14(12,4)5/h7,12,15-16H,8H2,1-6H3. The highest BCUT2D eigenvalue weighted by Crippen LogP contribution is 2.63. The van der Waals surface area contributed by atoms with Gasteiger partial charge in [0.15, 0.2) is 0 Å². The summed E-state index contributed by atoms with van der Waals surface area (Å²) in [6.07, 6.45) is 0. The highest BCUT2D eigenvalue weighted by molar-refractivity contribution is 7.91. The van der Waals surface area contributed by atoms with E-state index in [9.17, 15) is 8.42 Å². The fourth-order valence-corrected chi connectivity index (χ4v) is 5.81. The van der Waals surface area contributed by atoms with Crippen LogP contribution in [0, 0.1) is 17.8 Å². The van der Waals surface area contributed by atoms with Crippen molar-refractivity contribution in [1.82, 2.24) is 10.0 Å². The molecule has 0 amide bonds. The van der Waals surface area contributed by atoms with Gasteiger partial charge in [-0.3, -0.25) is 0 Å². The lowest BCUT2D eigenvalue weighted by Crippen LogP contribution is -2.29. The molecule has 0 atom stereocenters. The van der Waals surface area contributed by atoms with Crippen molar-refractivity contribution < 1.29 is 8.42 Å². The van der Waals surface area contributed by atoms with Crippen LogP contribution in [0.1, 0.15) is 38.1 Å². The van der Waals surface area contributed by atoms with Crippen molar-refractivity contribution in [2.45, 2.75) is 51.4 Å². The van der Waals surface area contributed by atoms with Gasteiger partial charge < -0.3 is 5.32 Å². The third kappa shape index (κ3) is 2.43. The van der Waals surface area contributed by atoms with Crippen LogP contribution >= 0.6 is 11.3 Å². The summed E-state index contributed by atoms with van der Waals surface area (Å²) in [4.78, 5) is 1.07. The molecule has 114 valence electrons. The zero-order valence-electron chi connectivity index (χ0n) is 13.0. The molecule has 0 aliphatic heterocycles. The Labute approximate surface area is 126 Å². The fourth-order valence-electron chi connectivity index (χ4n) is 2.66. The maximum atomic E-state index is 12.5. The molecule has 0 spiro atoms. The van der Waals surface area contributed by atoms with E-state index in [4.69, 9.17) is 0 Å². The van der Waals surface area contributed by atoms with Gasteiger partial charge in [0.1, 0.15) is 4.21 Å². The average Bonchev–Trinajstić information content (AvgIpc) is 2.65. The molecule has 1 fully saturated rings. The first-order valence-corrected chi connectivity index (χ1v) is 9.10. The summed E-state index contributed by atoms with van der Waals surface area (Å²) in [6.45, 7) is 11.1. The van der Waals surface area contributed by atoms with Crippen LogP contribution in [0.15, 0.2) is 10.3 Å². The number of sulfonamides is 1. The van der Waals surface area contributed by atoms with E-state index in [0.717, 1.165) is 10.4 Å². The van der Waals surface area contributed by atoms with Crippen LogP contribution in [0.4, 0.5) is 0 Å². The van der Waals surface area contributed by atoms with Gasteiger partial charge in [0, 0.05) is 17.5 Å². The van der Waals surface area contributed by atoms with Crippen molar-refractivity contribution in [2.75, 3.05) is 7.05 Å². The smallest absolute Gasteiger partial charge is 0.250 e. The van der Waals surface area contributed by atoms with Gasteiger partial charge in [0.2, 0.25) is 10.0 Å². The van der Waals surface area contributed by atoms with Crippen molar-refractivity contribution in [3.05, 3.63) is 16.5 Å². The molecule has 0 bridgehead atoms. The molecule has 1 aliphatic carbocycles. The summed E-state index contributed by atoms with van der Waals surface area (Å²) in [5.74, 6) is 0. The second kappa shape index (κ2) is 4.80. The Hall–Kier alpha value is -0.430. The van der Waals surface area contributed by atoms with Gasteiger partial charge >= 0.3 is 0 Å². The molecule has 0 unspecified atom stereocenters. The van der Waals surface area contributed by atoms with E-state index in [1.54, 1.807) is 6.07 Å². The molecule has 0 saturated heterocycles. The van der Waals surface area contributed by atoms with Gasteiger partial charge in [-0.05, 0) is 36.4 Å². The summed E-state index contributed by atoms with van der Waals surface area (Å²) in [5, 5.41) is 3.06. The van der Waals surface area contributed by atoms with E-state index in [2.05, 4.69) is 37.7 Å². The normalized spacial score (nSPS) is 21.1. The molecule has 1 heterocycles. The number of hydrogen-bond donors (Lipinski definition) is 2. The van der Waals surface area contributed by atoms with E-state index < -0.39 is 10.0 Å². The first-order chi connectivity index (χ1) is 9.04. The van der Waals surface area contributed by atoms with Crippen LogP contribution in [0.25, 0.3) is 0 Å². The minimum absolute atomic E-state index is 0.000177. The van der Waals surface area contributed by atoms with E-state index >= 15 is 0 Å². The van der Waals surface area contributed by atoms with Crippen LogP contribution in [0.5, 0.6) is 0 Å². The molecule has 1 saturated carbocycles. The minimum atomic E-state index is -3.42. The highest BCUT2D eigenvalue weighted by atomic mass is 32.2. The fraction of sp³-hybridized carbons (Fsp3) is 0.714. The van der Waals surface area contributed by atoms with Crippen molar-refractivity contribution in [3.63, 3.8) is 0 Å². The quantitative estimate of drug-likeness (QED) is 0.877. The molecule has 20 heavy (non-hydrogen) atoms. The summed E-state index contributed by atoms with van der Waals surface area (Å²) >= 11 is 1.35. The number of hydrogen-bond acceptors (Lipinski definition) is 4. The number of rotatable bonds is 5. The van der Waals surface area contributed by atoms with Gasteiger partial charge in [-0.15, -0.1) is 11.3 Å². The molecule has 0 radical (unpaired) electrons. The molecule has 1 aromatic heterocycles. The Balaban J connectivity index is 2.22. The van der Waals surface area contributed by atoms with Crippen molar-refractivity contribution in [2.24, 2.45) is 10.8 Å². The SMILES string of the molecule is CNCc1sc(S(=O)(=O)NC2C(C)(C)C2(C)C)cc1C. The summed E-state index contributed by atoms with van der Waals surface area (Å²) < 4.78 is 28.3. The molecular weight excluding hydrogens is 292 g/mol. The lowest BCUT2D eigenvalue weighted by molar-refractivity contribution is 0.457. The summed E-state index contributed by atoms with van der Waals surface area (Å²) in [5.41, 5.74) is 1.03. The zero-order chi connectivity index (χ0) is 15.3. The van der Waals surface area contributed by atoms with Crippen molar-refractivity contribution in [3.8, 4) is 0 Å². The van der Waals surface area contributed by atoms with Crippen molar-refractivity contribution >= 4 is 21.4 Å². The number of nitrogens with one attached hydrogen (secondary N) is 2. The number of thiophene rings is 1. The largest absolute Gasteiger partial charge is 0.315 e. The third-order valence-corrected chi connectivity index (χ3v) is 8.03. The van der Waals surface area contributed by atoms with Gasteiger partial charge in [-0.2, -0.15) is 0 Å². The molecule has 0 aromatic carbocycles. The van der Waals surface area contributed by atoms with Crippen LogP contribution < -0.4 is 10.0 Å². The molecule has 4 nitrogen and oxygen atoms in total. The summed E-state index contributed by atoms with van der Waals surface area (Å²) in [7, 11) is -1.56. The molecule has 2 rings (SSSR count). The van der Waals surface area contributed by atoms with Gasteiger partial charge in [0.05, 0.1) is 0 Å². The molecule has 1 aliphatic rings. The summed E-state index contributed by atoms with van der Waals surface area (Å²) in [6, 6.07) is 1.76. The molecule has 2 N–H and O–H groups in total. The Morgan fingerprint density at radius 2 is 1.80 bits per heavy atom. The van der Waals surface area contributed by atoms with Gasteiger partial charge in [0.25, 0.3) is 0 Å². The predicted molar refractivity (Wildman–Crippen MR) is 83.5 cm³/mol. The van der Waals surface area contributed by atoms with Gasteiger partial charge in [-0.25, -0.2) is 13.1 Å². The Bertz CT molecular complexity index is 601. The van der Waals surface area contributed by atoms with Crippen LogP contribution in [-0.4, -0.2) is 21.5 Å². The Kier molecular flexibility index (Phi) is 3.83. The minimum Gasteiger partial charge on any atom is -0.315 e. The first-order valence-electron chi connectivity index (χ1n) is 6.80. The third-order valence-electron chi connectivity index (χ3n) is 4.89. The topological polar surface area (TPSA) is 58.2 Å². The molecular formula is C14H24N2O2S2. The van der Waals surface area contributed by atoms with Crippen LogP contribution in [-0.2, 0) is 16.6 Å². The molecule has 6 heteroatoms. The van der Waals surface area contributed by atoms with E-state index in [1.807, 2.05) is 14.0 Å². The first kappa shape index (κ1) is 15.9. The zero-order valence-corrected chi connectivity index (χ0v) is 14.6. The maximum absolute atomic E-state index is 12.5. The lowest BCUT2D eigenvalue weighted by Gasteiger charge is -2.06. The van der Waals surface area contributed by atoms with E-state index in [1.165, 1.54) is 11.3 Å². The second-order valence-electron chi connectivity index (χ2n) is 6.70. The maximum Gasteiger partial charge on any atom is 0.250 e. The monoisotopic (exact) mass is 316 g/mol.